The average molecular weight is 233 g/mol. The fraction of sp³-hybridized carbons (Fsp3) is 0.600. The van der Waals surface area contributed by atoms with Gasteiger partial charge in [0, 0.05) is 12.6 Å². The van der Waals surface area contributed by atoms with Gasteiger partial charge >= 0.3 is 0 Å². The zero-order valence-electron chi connectivity index (χ0n) is 10.9. The molecule has 1 aliphatic rings. The molecule has 0 aromatic heterocycles. The predicted molar refractivity (Wildman–Crippen MR) is 71.3 cm³/mol. The van der Waals surface area contributed by atoms with Crippen LogP contribution in [-0.2, 0) is 6.54 Å². The zero-order valence-corrected chi connectivity index (χ0v) is 10.9. The highest BCUT2D eigenvalue weighted by Crippen LogP contribution is 2.23. The molecule has 17 heavy (non-hydrogen) atoms. The van der Waals surface area contributed by atoms with Crippen LogP contribution in [0.5, 0.6) is 5.75 Å². The molecular formula is C15H23NO. The minimum absolute atomic E-state index is 0.709. The number of benzene rings is 1. The van der Waals surface area contributed by atoms with Crippen LogP contribution >= 0.6 is 0 Å². The number of ether oxygens (including phenoxy) is 1. The van der Waals surface area contributed by atoms with E-state index in [1.807, 2.05) is 12.1 Å². The third-order valence-corrected chi connectivity index (χ3v) is 3.69. The molecule has 2 rings (SSSR count). The fourth-order valence-corrected chi connectivity index (χ4v) is 2.63. The van der Waals surface area contributed by atoms with E-state index in [2.05, 4.69) is 24.4 Å². The van der Waals surface area contributed by atoms with Gasteiger partial charge in [0.15, 0.2) is 0 Å². The summed E-state index contributed by atoms with van der Waals surface area (Å²) in [6.45, 7) is 3.34. The molecule has 0 saturated heterocycles. The first-order valence-corrected chi connectivity index (χ1v) is 6.64. The summed E-state index contributed by atoms with van der Waals surface area (Å²) >= 11 is 0. The van der Waals surface area contributed by atoms with E-state index in [-0.39, 0.29) is 0 Å². The van der Waals surface area contributed by atoms with Crippen LogP contribution < -0.4 is 10.1 Å². The molecule has 0 heterocycles. The lowest BCUT2D eigenvalue weighted by Gasteiger charge is -2.27. The van der Waals surface area contributed by atoms with Gasteiger partial charge in [-0.1, -0.05) is 31.9 Å². The molecule has 1 aromatic rings. The van der Waals surface area contributed by atoms with Crippen molar-refractivity contribution in [1.29, 1.82) is 0 Å². The largest absolute Gasteiger partial charge is 0.497 e. The molecule has 0 aliphatic heterocycles. The Bertz CT molecular complexity index is 333. The molecule has 0 radical (unpaired) electrons. The Kier molecular flexibility index (Phi) is 4.43. The van der Waals surface area contributed by atoms with Crippen LogP contribution in [0, 0.1) is 5.92 Å². The smallest absolute Gasteiger partial charge is 0.118 e. The lowest BCUT2D eigenvalue weighted by molar-refractivity contribution is 0.300. The number of methoxy groups -OCH3 is 1. The molecule has 2 nitrogen and oxygen atoms in total. The van der Waals surface area contributed by atoms with E-state index < -0.39 is 0 Å². The van der Waals surface area contributed by atoms with Crippen molar-refractivity contribution in [3.63, 3.8) is 0 Å². The van der Waals surface area contributed by atoms with Crippen molar-refractivity contribution >= 4 is 0 Å². The van der Waals surface area contributed by atoms with E-state index >= 15 is 0 Å². The van der Waals surface area contributed by atoms with Crippen LogP contribution in [0.4, 0.5) is 0 Å². The highest BCUT2D eigenvalue weighted by molar-refractivity contribution is 5.27. The minimum Gasteiger partial charge on any atom is -0.497 e. The van der Waals surface area contributed by atoms with Crippen molar-refractivity contribution in [2.75, 3.05) is 7.11 Å². The van der Waals surface area contributed by atoms with E-state index in [1.54, 1.807) is 7.11 Å². The van der Waals surface area contributed by atoms with Crippen LogP contribution in [0.15, 0.2) is 24.3 Å². The topological polar surface area (TPSA) is 21.3 Å². The molecule has 94 valence electrons. The van der Waals surface area contributed by atoms with Crippen molar-refractivity contribution in [2.24, 2.45) is 5.92 Å². The average Bonchev–Trinajstić information content (AvgIpc) is 2.37. The normalized spacial score (nSPS) is 24.6. The molecular weight excluding hydrogens is 210 g/mol. The van der Waals surface area contributed by atoms with Gasteiger partial charge in [-0.15, -0.1) is 0 Å². The molecule has 1 aromatic carbocycles. The summed E-state index contributed by atoms with van der Waals surface area (Å²) in [6, 6.07) is 9.04. The molecule has 0 spiro atoms. The van der Waals surface area contributed by atoms with Gasteiger partial charge in [0.1, 0.15) is 5.75 Å². The van der Waals surface area contributed by atoms with Crippen LogP contribution in [-0.4, -0.2) is 13.2 Å². The quantitative estimate of drug-likeness (QED) is 0.861. The second-order valence-electron chi connectivity index (χ2n) is 5.20. The Balaban J connectivity index is 1.80. The highest BCUT2D eigenvalue weighted by atomic mass is 16.5. The molecule has 1 N–H and O–H groups in total. The summed E-state index contributed by atoms with van der Waals surface area (Å²) in [7, 11) is 1.71. The van der Waals surface area contributed by atoms with Crippen LogP contribution in [0.3, 0.4) is 0 Å². The molecule has 1 aliphatic carbocycles. The van der Waals surface area contributed by atoms with Crippen LogP contribution in [0.1, 0.15) is 38.2 Å². The van der Waals surface area contributed by atoms with Crippen LogP contribution in [0.2, 0.25) is 0 Å². The first-order valence-electron chi connectivity index (χ1n) is 6.64. The molecule has 0 unspecified atom stereocenters. The Labute approximate surface area is 104 Å². The summed E-state index contributed by atoms with van der Waals surface area (Å²) in [5, 5.41) is 3.66. The summed E-state index contributed by atoms with van der Waals surface area (Å²) in [5.74, 6) is 1.82. The van der Waals surface area contributed by atoms with E-state index in [0.29, 0.717) is 6.04 Å². The molecule has 2 heteroatoms. The number of rotatable bonds is 4. The number of nitrogens with one attached hydrogen (secondary N) is 1. The maximum atomic E-state index is 5.16. The van der Waals surface area contributed by atoms with E-state index in [9.17, 15) is 0 Å². The highest BCUT2D eigenvalue weighted by Gasteiger charge is 2.17. The number of hydrogen-bond donors (Lipinski definition) is 1. The van der Waals surface area contributed by atoms with Gasteiger partial charge in [-0.05, 0) is 36.5 Å². The van der Waals surface area contributed by atoms with Crippen molar-refractivity contribution in [1.82, 2.24) is 5.32 Å². The molecule has 2 atom stereocenters. The maximum Gasteiger partial charge on any atom is 0.118 e. The van der Waals surface area contributed by atoms with Gasteiger partial charge in [0.25, 0.3) is 0 Å². The van der Waals surface area contributed by atoms with Gasteiger partial charge in [-0.3, -0.25) is 0 Å². The molecule has 0 bridgehead atoms. The Morgan fingerprint density at radius 1 is 1.24 bits per heavy atom. The van der Waals surface area contributed by atoms with Crippen molar-refractivity contribution in [2.45, 2.75) is 45.2 Å². The molecule has 0 amide bonds. The summed E-state index contributed by atoms with van der Waals surface area (Å²) in [4.78, 5) is 0. The fourth-order valence-electron chi connectivity index (χ4n) is 2.63. The standard InChI is InChI=1S/C15H23NO/c1-12-4-3-5-14(10-12)16-11-13-6-8-15(17-2)9-7-13/h6-9,12,14,16H,3-5,10-11H2,1-2H3/t12-,14+/m0/s1. The zero-order chi connectivity index (χ0) is 12.1. The monoisotopic (exact) mass is 233 g/mol. The van der Waals surface area contributed by atoms with Gasteiger partial charge in [0.05, 0.1) is 7.11 Å². The lowest BCUT2D eigenvalue weighted by atomic mass is 9.87. The Hall–Kier alpha value is -1.02. The van der Waals surface area contributed by atoms with Crippen molar-refractivity contribution in [3.8, 4) is 5.75 Å². The van der Waals surface area contributed by atoms with Crippen molar-refractivity contribution < 1.29 is 4.74 Å². The second kappa shape index (κ2) is 6.06. The van der Waals surface area contributed by atoms with Gasteiger partial charge in [0.2, 0.25) is 0 Å². The minimum atomic E-state index is 0.709. The van der Waals surface area contributed by atoms with Crippen LogP contribution in [0.25, 0.3) is 0 Å². The van der Waals surface area contributed by atoms with E-state index in [4.69, 9.17) is 4.74 Å². The van der Waals surface area contributed by atoms with Gasteiger partial charge in [-0.25, -0.2) is 0 Å². The van der Waals surface area contributed by atoms with E-state index in [1.165, 1.54) is 31.2 Å². The van der Waals surface area contributed by atoms with E-state index in [0.717, 1.165) is 18.2 Å². The summed E-state index contributed by atoms with van der Waals surface area (Å²) in [6.07, 6.45) is 5.44. The Morgan fingerprint density at radius 3 is 2.65 bits per heavy atom. The van der Waals surface area contributed by atoms with Gasteiger partial charge < -0.3 is 10.1 Å². The first-order chi connectivity index (χ1) is 8.28. The summed E-state index contributed by atoms with van der Waals surface area (Å²) < 4.78 is 5.16. The molecule has 1 saturated carbocycles. The lowest BCUT2D eigenvalue weighted by Crippen LogP contribution is -2.33. The summed E-state index contributed by atoms with van der Waals surface area (Å²) in [5.41, 5.74) is 1.34. The SMILES string of the molecule is COc1ccc(CN[C@@H]2CCC[C@H](C)C2)cc1. The molecule has 1 fully saturated rings. The predicted octanol–water partition coefficient (Wildman–Crippen LogP) is 3.36. The van der Waals surface area contributed by atoms with Crippen molar-refractivity contribution in [3.05, 3.63) is 29.8 Å². The second-order valence-corrected chi connectivity index (χ2v) is 5.20. The maximum absolute atomic E-state index is 5.16. The Morgan fingerprint density at radius 2 is 2.00 bits per heavy atom. The van der Waals surface area contributed by atoms with Gasteiger partial charge in [-0.2, -0.15) is 0 Å². The third-order valence-electron chi connectivity index (χ3n) is 3.69. The third kappa shape index (κ3) is 3.74. The number of hydrogen-bond acceptors (Lipinski definition) is 2. The first kappa shape index (κ1) is 12.4.